The second-order valence-corrected chi connectivity index (χ2v) is 7.16. The van der Waals surface area contributed by atoms with E-state index in [4.69, 9.17) is 0 Å². The van der Waals surface area contributed by atoms with Gasteiger partial charge in [0.25, 0.3) is 0 Å². The molecule has 1 heterocycles. The molecule has 0 spiro atoms. The summed E-state index contributed by atoms with van der Waals surface area (Å²) in [5.41, 5.74) is 1.14. The highest BCUT2D eigenvalue weighted by molar-refractivity contribution is 7.89. The molecule has 0 radical (unpaired) electrons. The van der Waals surface area contributed by atoms with E-state index in [1.54, 1.807) is 6.92 Å². The molecule has 0 aliphatic heterocycles. The third kappa shape index (κ3) is 3.21. The number of rotatable bonds is 7. The number of aromatic nitrogens is 2. The van der Waals surface area contributed by atoms with E-state index in [9.17, 15) is 8.42 Å². The van der Waals surface area contributed by atoms with E-state index in [0.717, 1.165) is 19.4 Å². The summed E-state index contributed by atoms with van der Waals surface area (Å²) in [7, 11) is -3.51. The van der Waals surface area contributed by atoms with Crippen LogP contribution in [0.15, 0.2) is 4.90 Å². The van der Waals surface area contributed by atoms with Crippen LogP contribution in [-0.4, -0.2) is 31.2 Å². The van der Waals surface area contributed by atoms with E-state index in [0.29, 0.717) is 28.7 Å². The van der Waals surface area contributed by atoms with Crippen molar-refractivity contribution in [1.29, 1.82) is 0 Å². The van der Waals surface area contributed by atoms with Crippen molar-refractivity contribution in [2.24, 2.45) is 5.92 Å². The van der Waals surface area contributed by atoms with Gasteiger partial charge in [0.1, 0.15) is 4.90 Å². The molecule has 1 aromatic heterocycles. The van der Waals surface area contributed by atoms with Crippen LogP contribution in [0.2, 0.25) is 0 Å². The molecule has 7 heteroatoms. The fourth-order valence-electron chi connectivity index (χ4n) is 2.53. The molecule has 1 aromatic rings. The van der Waals surface area contributed by atoms with Crippen LogP contribution in [0, 0.1) is 12.8 Å². The molecule has 114 valence electrons. The van der Waals surface area contributed by atoms with Gasteiger partial charge in [0, 0.05) is 12.6 Å². The largest absolute Gasteiger partial charge is 0.311 e. The fourth-order valence-corrected chi connectivity index (χ4v) is 4.21. The first-order valence-electron chi connectivity index (χ1n) is 7.22. The van der Waals surface area contributed by atoms with E-state index in [2.05, 4.69) is 20.2 Å². The molecule has 1 unspecified atom stereocenters. The van der Waals surface area contributed by atoms with Crippen molar-refractivity contribution in [3.63, 3.8) is 0 Å². The normalized spacial score (nSPS) is 17.9. The summed E-state index contributed by atoms with van der Waals surface area (Å²) in [5.74, 6) is 0.467. The lowest BCUT2D eigenvalue weighted by molar-refractivity contribution is 0.260. The summed E-state index contributed by atoms with van der Waals surface area (Å²) < 4.78 is 27.9. The van der Waals surface area contributed by atoms with Crippen molar-refractivity contribution in [3.05, 3.63) is 11.4 Å². The third-order valence-corrected chi connectivity index (χ3v) is 5.73. The van der Waals surface area contributed by atoms with Crippen molar-refractivity contribution in [2.75, 3.05) is 6.54 Å². The molecule has 20 heavy (non-hydrogen) atoms. The van der Waals surface area contributed by atoms with Gasteiger partial charge in [0.2, 0.25) is 10.0 Å². The predicted molar refractivity (Wildman–Crippen MR) is 77.8 cm³/mol. The minimum absolute atomic E-state index is 0.0185. The van der Waals surface area contributed by atoms with E-state index < -0.39 is 10.0 Å². The van der Waals surface area contributed by atoms with Gasteiger partial charge in [-0.2, -0.15) is 5.10 Å². The van der Waals surface area contributed by atoms with Gasteiger partial charge in [-0.05, 0) is 39.2 Å². The molecule has 1 atom stereocenters. The van der Waals surface area contributed by atoms with Gasteiger partial charge in [-0.15, -0.1) is 0 Å². The summed E-state index contributed by atoms with van der Waals surface area (Å²) in [5, 5.41) is 9.99. The Labute approximate surface area is 120 Å². The number of aromatic amines is 1. The minimum Gasteiger partial charge on any atom is -0.311 e. The standard InChI is InChI=1S/C13H24N4O2S/c1-4-14-8-12-13(10(3)15-16-12)20(18,19)17-9(2)11-6-5-7-11/h9,11,14,17H,4-8H2,1-3H3,(H,15,16). The highest BCUT2D eigenvalue weighted by Gasteiger charge is 2.30. The van der Waals surface area contributed by atoms with Gasteiger partial charge >= 0.3 is 0 Å². The quantitative estimate of drug-likeness (QED) is 0.708. The Kier molecular flexibility index (Phi) is 4.82. The Morgan fingerprint density at radius 2 is 2.15 bits per heavy atom. The van der Waals surface area contributed by atoms with Crippen LogP contribution in [0.3, 0.4) is 0 Å². The van der Waals surface area contributed by atoms with Gasteiger partial charge in [0.15, 0.2) is 0 Å². The molecule has 2 rings (SSSR count). The van der Waals surface area contributed by atoms with Crippen LogP contribution >= 0.6 is 0 Å². The SMILES string of the molecule is CCNCc1n[nH]c(C)c1S(=O)(=O)NC(C)C1CCC1. The van der Waals surface area contributed by atoms with Gasteiger partial charge < -0.3 is 5.32 Å². The minimum atomic E-state index is -3.51. The van der Waals surface area contributed by atoms with Crippen molar-refractivity contribution in [2.45, 2.75) is 57.5 Å². The maximum Gasteiger partial charge on any atom is 0.244 e. The zero-order chi connectivity index (χ0) is 14.8. The zero-order valence-corrected chi connectivity index (χ0v) is 13.2. The first-order chi connectivity index (χ1) is 9.45. The highest BCUT2D eigenvalue weighted by Crippen LogP contribution is 2.30. The highest BCUT2D eigenvalue weighted by atomic mass is 32.2. The number of hydrogen-bond acceptors (Lipinski definition) is 4. The Morgan fingerprint density at radius 1 is 1.45 bits per heavy atom. The Bertz CT molecular complexity index is 549. The molecule has 1 aliphatic carbocycles. The molecule has 1 saturated carbocycles. The summed E-state index contributed by atoms with van der Waals surface area (Å²) >= 11 is 0. The molecule has 0 bridgehead atoms. The van der Waals surface area contributed by atoms with Crippen molar-refractivity contribution >= 4 is 10.0 Å². The summed E-state index contributed by atoms with van der Waals surface area (Å²) in [6, 6.07) is -0.0185. The summed E-state index contributed by atoms with van der Waals surface area (Å²) in [4.78, 5) is 0.296. The Hall–Kier alpha value is -0.920. The number of nitrogens with one attached hydrogen (secondary N) is 3. The number of aryl methyl sites for hydroxylation is 1. The number of nitrogens with zero attached hydrogens (tertiary/aromatic N) is 1. The molecule has 3 N–H and O–H groups in total. The van der Waals surface area contributed by atoms with Crippen LogP contribution in [-0.2, 0) is 16.6 Å². The lowest BCUT2D eigenvalue weighted by atomic mass is 9.81. The Morgan fingerprint density at radius 3 is 2.70 bits per heavy atom. The van der Waals surface area contributed by atoms with Crippen LogP contribution in [0.4, 0.5) is 0 Å². The second kappa shape index (κ2) is 6.24. The predicted octanol–water partition coefficient (Wildman–Crippen LogP) is 1.29. The lowest BCUT2D eigenvalue weighted by Gasteiger charge is -2.31. The monoisotopic (exact) mass is 300 g/mol. The Balaban J connectivity index is 2.17. The van der Waals surface area contributed by atoms with Crippen molar-refractivity contribution in [1.82, 2.24) is 20.2 Å². The number of H-pyrrole nitrogens is 1. The third-order valence-electron chi connectivity index (χ3n) is 3.97. The maximum absolute atomic E-state index is 12.6. The number of hydrogen-bond donors (Lipinski definition) is 3. The topological polar surface area (TPSA) is 86.9 Å². The molecular formula is C13H24N4O2S. The molecule has 0 amide bonds. The lowest BCUT2D eigenvalue weighted by Crippen LogP contribution is -2.41. The van der Waals surface area contributed by atoms with Gasteiger partial charge in [-0.3, -0.25) is 5.10 Å². The smallest absolute Gasteiger partial charge is 0.244 e. The molecule has 6 nitrogen and oxygen atoms in total. The fraction of sp³-hybridized carbons (Fsp3) is 0.769. The first-order valence-corrected chi connectivity index (χ1v) is 8.71. The van der Waals surface area contributed by atoms with Crippen LogP contribution in [0.25, 0.3) is 0 Å². The molecule has 0 saturated heterocycles. The van der Waals surface area contributed by atoms with Gasteiger partial charge in [-0.1, -0.05) is 13.3 Å². The summed E-state index contributed by atoms with van der Waals surface area (Å²) in [6.45, 7) is 6.89. The van der Waals surface area contributed by atoms with Gasteiger partial charge in [-0.25, -0.2) is 13.1 Å². The second-order valence-electron chi connectivity index (χ2n) is 5.51. The first kappa shape index (κ1) is 15.5. The average Bonchev–Trinajstić information content (AvgIpc) is 2.65. The van der Waals surface area contributed by atoms with Crippen molar-refractivity contribution in [3.8, 4) is 0 Å². The summed E-state index contributed by atoms with van der Waals surface area (Å²) in [6.07, 6.45) is 3.42. The van der Waals surface area contributed by atoms with E-state index in [-0.39, 0.29) is 6.04 Å². The molecular weight excluding hydrogens is 276 g/mol. The van der Waals surface area contributed by atoms with Crippen LogP contribution in [0.5, 0.6) is 0 Å². The molecule has 1 aliphatic rings. The average molecular weight is 300 g/mol. The number of sulfonamides is 1. The maximum atomic E-state index is 12.6. The molecule has 0 aromatic carbocycles. The van der Waals surface area contributed by atoms with E-state index in [1.807, 2.05) is 13.8 Å². The van der Waals surface area contributed by atoms with Crippen LogP contribution < -0.4 is 10.0 Å². The van der Waals surface area contributed by atoms with Gasteiger partial charge in [0.05, 0.1) is 11.4 Å². The van der Waals surface area contributed by atoms with E-state index >= 15 is 0 Å². The molecule has 1 fully saturated rings. The van der Waals surface area contributed by atoms with Crippen LogP contribution in [0.1, 0.15) is 44.5 Å². The van der Waals surface area contributed by atoms with E-state index in [1.165, 1.54) is 6.42 Å². The van der Waals surface area contributed by atoms with Crippen molar-refractivity contribution < 1.29 is 8.42 Å². The zero-order valence-electron chi connectivity index (χ0n) is 12.4.